The third-order valence-corrected chi connectivity index (χ3v) is 7.79. The molecular weight excluding hydrogens is 438 g/mol. The van der Waals surface area contributed by atoms with Crippen LogP contribution in [0.2, 0.25) is 0 Å². The number of terminal acetylenes is 1. The highest BCUT2D eigenvalue weighted by Gasteiger charge is 2.37. The summed E-state index contributed by atoms with van der Waals surface area (Å²) in [6, 6.07) is 6.83. The molecule has 6 nitrogen and oxygen atoms in total. The van der Waals surface area contributed by atoms with Crippen LogP contribution in [0.1, 0.15) is 71.5 Å². The number of aromatic amines is 1. The highest BCUT2D eigenvalue weighted by Crippen LogP contribution is 2.39. The summed E-state index contributed by atoms with van der Waals surface area (Å²) in [4.78, 5) is 22.8. The highest BCUT2D eigenvalue weighted by atomic mass is 16.5. The number of Topliss-reactive ketones (excluding diaryl/α,β-unsaturated/α-hetero) is 1. The van der Waals surface area contributed by atoms with Gasteiger partial charge >= 0.3 is 0 Å². The lowest BCUT2D eigenvalue weighted by Crippen LogP contribution is -2.48. The van der Waals surface area contributed by atoms with E-state index in [0.29, 0.717) is 17.9 Å². The summed E-state index contributed by atoms with van der Waals surface area (Å²) in [6.45, 7) is 6.18. The summed E-state index contributed by atoms with van der Waals surface area (Å²) >= 11 is 0. The van der Waals surface area contributed by atoms with E-state index in [1.54, 1.807) is 6.20 Å². The molecule has 3 heterocycles. The molecule has 184 valence electrons. The standard InChI is InChI=1S/C29H35N3O3/c1-2-25-20-30-28(31-25)27(33)18-23-8-9-24(19-26(23)22-6-4-3-5-7-22)29(10-14-34-15-11-29)21-32-12-16-35-17-13-32/h1,6,8-9,19-20H,3-5,7,10-18,21H2,(H,30,31). The maximum atomic E-state index is 13.1. The number of morpholine rings is 1. The molecule has 1 aromatic heterocycles. The van der Waals surface area contributed by atoms with E-state index in [2.05, 4.69) is 45.1 Å². The zero-order valence-electron chi connectivity index (χ0n) is 20.5. The first-order valence-corrected chi connectivity index (χ1v) is 12.9. The SMILES string of the molecule is C#Cc1cnc(C(=O)Cc2ccc(C3(CN4CCOCC4)CCOCC3)cc2C2=CCCCC2)[nH]1. The molecule has 0 radical (unpaired) electrons. The van der Waals surface area contributed by atoms with Crippen molar-refractivity contribution in [2.45, 2.75) is 50.4 Å². The van der Waals surface area contributed by atoms with E-state index in [1.165, 1.54) is 29.5 Å². The van der Waals surface area contributed by atoms with Crippen LogP contribution in [0.15, 0.2) is 30.5 Å². The fraction of sp³-hybridized carbons (Fsp3) is 0.517. The molecular formula is C29H35N3O3. The number of benzene rings is 1. The molecule has 0 atom stereocenters. The van der Waals surface area contributed by atoms with Crippen LogP contribution in [0.5, 0.6) is 0 Å². The van der Waals surface area contributed by atoms with Crippen molar-refractivity contribution in [2.75, 3.05) is 46.1 Å². The molecule has 3 aliphatic rings. The lowest BCUT2D eigenvalue weighted by Gasteiger charge is -2.43. The smallest absolute Gasteiger partial charge is 0.202 e. The monoisotopic (exact) mass is 473 g/mol. The second-order valence-corrected chi connectivity index (χ2v) is 10.0. The molecule has 0 amide bonds. The number of imidazole rings is 1. The van der Waals surface area contributed by atoms with Crippen LogP contribution in [0, 0.1) is 12.3 Å². The van der Waals surface area contributed by atoms with Crippen molar-refractivity contribution < 1.29 is 14.3 Å². The largest absolute Gasteiger partial charge is 0.381 e. The van der Waals surface area contributed by atoms with Gasteiger partial charge in [0.15, 0.2) is 5.82 Å². The van der Waals surface area contributed by atoms with Crippen LogP contribution in [0.3, 0.4) is 0 Å². The summed E-state index contributed by atoms with van der Waals surface area (Å²) in [5.74, 6) is 2.81. The molecule has 5 rings (SSSR count). The van der Waals surface area contributed by atoms with E-state index < -0.39 is 0 Å². The summed E-state index contributed by atoms with van der Waals surface area (Å²) in [5, 5.41) is 0. The van der Waals surface area contributed by atoms with Crippen LogP contribution in [0.25, 0.3) is 5.57 Å². The fourth-order valence-corrected chi connectivity index (χ4v) is 5.72. The van der Waals surface area contributed by atoms with Gasteiger partial charge in [0.1, 0.15) is 5.69 Å². The van der Waals surface area contributed by atoms with E-state index in [9.17, 15) is 4.79 Å². The minimum atomic E-state index is -0.0361. The molecule has 1 N–H and O–H groups in total. The molecule has 1 aromatic carbocycles. The molecule has 2 aromatic rings. The second kappa shape index (κ2) is 10.9. The molecule has 2 saturated heterocycles. The number of nitrogens with zero attached hydrogens (tertiary/aromatic N) is 2. The zero-order valence-corrected chi connectivity index (χ0v) is 20.5. The molecule has 0 spiro atoms. The number of carbonyl (C=O) groups is 1. The Morgan fingerprint density at radius 2 is 1.94 bits per heavy atom. The number of aromatic nitrogens is 2. The number of ketones is 1. The first kappa shape index (κ1) is 24.0. The molecule has 0 saturated carbocycles. The molecule has 0 unspecified atom stereocenters. The van der Waals surface area contributed by atoms with Crippen molar-refractivity contribution in [3.05, 3.63) is 58.7 Å². The summed E-state index contributed by atoms with van der Waals surface area (Å²) in [5.41, 5.74) is 5.63. The lowest BCUT2D eigenvalue weighted by molar-refractivity contribution is -0.00119. The summed E-state index contributed by atoms with van der Waals surface area (Å²) in [6.07, 6.45) is 16.3. The topological polar surface area (TPSA) is 67.5 Å². The van der Waals surface area contributed by atoms with Crippen molar-refractivity contribution >= 4 is 11.4 Å². The molecule has 35 heavy (non-hydrogen) atoms. The Labute approximate surface area is 208 Å². The van der Waals surface area contributed by atoms with Gasteiger partial charge in [0.25, 0.3) is 0 Å². The number of allylic oxidation sites excluding steroid dienone is 2. The van der Waals surface area contributed by atoms with Gasteiger partial charge in [0.05, 0.1) is 19.4 Å². The molecule has 0 bridgehead atoms. The van der Waals surface area contributed by atoms with Gasteiger partial charge in [-0.2, -0.15) is 0 Å². The highest BCUT2D eigenvalue weighted by molar-refractivity contribution is 5.95. The number of nitrogens with one attached hydrogen (secondary N) is 1. The van der Waals surface area contributed by atoms with Gasteiger partial charge in [-0.05, 0) is 60.8 Å². The van der Waals surface area contributed by atoms with Crippen molar-refractivity contribution in [2.24, 2.45) is 0 Å². The van der Waals surface area contributed by atoms with Gasteiger partial charge in [0.2, 0.25) is 5.78 Å². The van der Waals surface area contributed by atoms with Gasteiger partial charge in [-0.3, -0.25) is 9.69 Å². The predicted octanol–water partition coefficient (Wildman–Crippen LogP) is 4.15. The van der Waals surface area contributed by atoms with Crippen LogP contribution < -0.4 is 0 Å². The van der Waals surface area contributed by atoms with Gasteiger partial charge in [-0.15, -0.1) is 6.42 Å². The molecule has 2 fully saturated rings. The first-order valence-electron chi connectivity index (χ1n) is 12.9. The number of hydrogen-bond donors (Lipinski definition) is 1. The van der Waals surface area contributed by atoms with Crippen LogP contribution in [-0.4, -0.2) is 66.7 Å². The summed E-state index contributed by atoms with van der Waals surface area (Å²) < 4.78 is 11.4. The van der Waals surface area contributed by atoms with E-state index in [0.717, 1.165) is 77.3 Å². The Balaban J connectivity index is 1.48. The quantitative estimate of drug-likeness (QED) is 0.483. The van der Waals surface area contributed by atoms with E-state index in [-0.39, 0.29) is 11.2 Å². The van der Waals surface area contributed by atoms with Crippen LogP contribution in [0.4, 0.5) is 0 Å². The number of ether oxygens (including phenoxy) is 2. The van der Waals surface area contributed by atoms with E-state index >= 15 is 0 Å². The molecule has 2 aliphatic heterocycles. The Bertz CT molecular complexity index is 1110. The number of hydrogen-bond acceptors (Lipinski definition) is 5. The van der Waals surface area contributed by atoms with Crippen molar-refractivity contribution in [1.29, 1.82) is 0 Å². The van der Waals surface area contributed by atoms with E-state index in [1.807, 2.05) is 0 Å². The number of rotatable bonds is 7. The van der Waals surface area contributed by atoms with Crippen LogP contribution in [-0.2, 0) is 21.3 Å². The predicted molar refractivity (Wildman–Crippen MR) is 136 cm³/mol. The minimum Gasteiger partial charge on any atom is -0.381 e. The number of carbonyl (C=O) groups excluding carboxylic acids is 1. The molecule has 1 aliphatic carbocycles. The van der Waals surface area contributed by atoms with Crippen molar-refractivity contribution in [3.8, 4) is 12.3 Å². The van der Waals surface area contributed by atoms with Crippen LogP contribution >= 0.6 is 0 Å². The Hall–Kier alpha value is -2.72. The van der Waals surface area contributed by atoms with Crippen molar-refractivity contribution in [1.82, 2.24) is 14.9 Å². The average molecular weight is 474 g/mol. The lowest BCUT2D eigenvalue weighted by atomic mass is 9.72. The number of H-pyrrole nitrogens is 1. The maximum Gasteiger partial charge on any atom is 0.202 e. The Kier molecular flexibility index (Phi) is 7.48. The fourth-order valence-electron chi connectivity index (χ4n) is 5.72. The maximum absolute atomic E-state index is 13.1. The zero-order chi connectivity index (χ0) is 24.1. The normalized spacial score (nSPS) is 20.7. The average Bonchev–Trinajstić information content (AvgIpc) is 3.40. The summed E-state index contributed by atoms with van der Waals surface area (Å²) in [7, 11) is 0. The third kappa shape index (κ3) is 5.43. The van der Waals surface area contributed by atoms with Crippen molar-refractivity contribution in [3.63, 3.8) is 0 Å². The van der Waals surface area contributed by atoms with Gasteiger partial charge in [0, 0.05) is 44.7 Å². The van der Waals surface area contributed by atoms with Gasteiger partial charge in [-0.25, -0.2) is 4.98 Å². The third-order valence-electron chi connectivity index (χ3n) is 7.79. The first-order chi connectivity index (χ1) is 17.2. The Morgan fingerprint density at radius 1 is 1.14 bits per heavy atom. The Morgan fingerprint density at radius 3 is 2.66 bits per heavy atom. The van der Waals surface area contributed by atoms with Gasteiger partial charge < -0.3 is 14.5 Å². The minimum absolute atomic E-state index is 0.0361. The molecule has 6 heteroatoms. The second-order valence-electron chi connectivity index (χ2n) is 10.0. The van der Waals surface area contributed by atoms with Gasteiger partial charge in [-0.1, -0.05) is 30.2 Å². The van der Waals surface area contributed by atoms with E-state index in [4.69, 9.17) is 15.9 Å².